The van der Waals surface area contributed by atoms with E-state index in [-0.39, 0.29) is 4.83 Å². The van der Waals surface area contributed by atoms with Crippen molar-refractivity contribution in [3.63, 3.8) is 0 Å². The van der Waals surface area contributed by atoms with Crippen molar-refractivity contribution in [1.29, 1.82) is 0 Å². The van der Waals surface area contributed by atoms with Gasteiger partial charge in [0.05, 0.1) is 10.0 Å². The van der Waals surface area contributed by atoms with Gasteiger partial charge in [-0.3, -0.25) is 0 Å². The smallest absolute Gasteiger partial charge is 0.0595 e. The minimum absolute atomic E-state index is 0.279. The Morgan fingerprint density at radius 3 is 2.62 bits per heavy atom. The molecule has 2 aromatic rings. The topological polar surface area (TPSA) is 0 Å². The zero-order valence-corrected chi connectivity index (χ0v) is 12.2. The summed E-state index contributed by atoms with van der Waals surface area (Å²) in [6.07, 6.45) is 0.968. The highest BCUT2D eigenvalue weighted by Crippen LogP contribution is 2.32. The fraction of sp³-hybridized carbons (Fsp3) is 0.167. The van der Waals surface area contributed by atoms with E-state index >= 15 is 0 Å². The third kappa shape index (κ3) is 3.01. The first-order valence-electron chi connectivity index (χ1n) is 4.78. The van der Waals surface area contributed by atoms with Gasteiger partial charge >= 0.3 is 0 Å². The van der Waals surface area contributed by atoms with E-state index in [1.54, 1.807) is 11.3 Å². The van der Waals surface area contributed by atoms with E-state index < -0.39 is 0 Å². The molecule has 1 atom stereocenters. The highest BCUT2D eigenvalue weighted by molar-refractivity contribution is 9.09. The Hall–Kier alpha value is -0.0200. The fourth-order valence-electron chi connectivity index (χ4n) is 1.43. The fourth-order valence-corrected chi connectivity index (χ4v) is 3.34. The first-order chi connectivity index (χ1) is 7.66. The molecule has 1 heterocycles. The zero-order chi connectivity index (χ0) is 11.5. The molecule has 16 heavy (non-hydrogen) atoms. The van der Waals surface area contributed by atoms with Crippen LogP contribution in [-0.2, 0) is 6.42 Å². The molecule has 0 radical (unpaired) electrons. The maximum absolute atomic E-state index is 5.99. The lowest BCUT2D eigenvalue weighted by molar-refractivity contribution is 0.969. The van der Waals surface area contributed by atoms with Crippen LogP contribution in [-0.4, -0.2) is 0 Å². The highest BCUT2D eigenvalue weighted by atomic mass is 79.9. The molecule has 4 heteroatoms. The van der Waals surface area contributed by atoms with Gasteiger partial charge < -0.3 is 0 Å². The number of halogens is 3. The predicted molar refractivity (Wildman–Crippen MR) is 76.2 cm³/mol. The van der Waals surface area contributed by atoms with E-state index in [4.69, 9.17) is 23.2 Å². The van der Waals surface area contributed by atoms with Crippen LogP contribution in [0.25, 0.3) is 0 Å². The van der Waals surface area contributed by atoms with Crippen molar-refractivity contribution in [2.45, 2.75) is 11.2 Å². The maximum atomic E-state index is 5.99. The number of hydrogen-bond donors (Lipinski definition) is 0. The van der Waals surface area contributed by atoms with Crippen LogP contribution in [0.5, 0.6) is 0 Å². The van der Waals surface area contributed by atoms with Gasteiger partial charge in [0.2, 0.25) is 0 Å². The van der Waals surface area contributed by atoms with Gasteiger partial charge in [0.1, 0.15) is 0 Å². The summed E-state index contributed by atoms with van der Waals surface area (Å²) >= 11 is 17.3. The van der Waals surface area contributed by atoms with Crippen molar-refractivity contribution < 1.29 is 0 Å². The first kappa shape index (κ1) is 12.4. The second kappa shape index (κ2) is 5.54. The Bertz CT molecular complexity index is 468. The van der Waals surface area contributed by atoms with E-state index in [0.717, 1.165) is 12.0 Å². The Morgan fingerprint density at radius 1 is 1.19 bits per heavy atom. The number of benzene rings is 1. The SMILES string of the molecule is Clc1ccc(C(Br)Cc2cccs2)cc1Cl. The Morgan fingerprint density at radius 2 is 2.00 bits per heavy atom. The van der Waals surface area contributed by atoms with Crippen LogP contribution in [0.4, 0.5) is 0 Å². The molecule has 0 spiro atoms. The van der Waals surface area contributed by atoms with Crippen LogP contribution in [0.1, 0.15) is 15.3 Å². The van der Waals surface area contributed by atoms with E-state index in [0.29, 0.717) is 10.0 Å². The van der Waals surface area contributed by atoms with Gasteiger partial charge in [-0.1, -0.05) is 51.3 Å². The van der Waals surface area contributed by atoms with Crippen molar-refractivity contribution in [1.82, 2.24) is 0 Å². The molecule has 0 saturated heterocycles. The van der Waals surface area contributed by atoms with E-state index in [1.807, 2.05) is 18.2 Å². The van der Waals surface area contributed by atoms with Gasteiger partial charge in [0.15, 0.2) is 0 Å². The lowest BCUT2D eigenvalue weighted by Crippen LogP contribution is -1.93. The van der Waals surface area contributed by atoms with Crippen LogP contribution in [0, 0.1) is 0 Å². The van der Waals surface area contributed by atoms with E-state index in [1.165, 1.54) is 4.88 Å². The quantitative estimate of drug-likeness (QED) is 0.628. The summed E-state index contributed by atoms with van der Waals surface area (Å²) in [4.78, 5) is 1.63. The summed E-state index contributed by atoms with van der Waals surface area (Å²) in [5.74, 6) is 0. The standard InChI is InChI=1S/C12H9BrCl2S/c13-10(7-9-2-1-5-16-9)8-3-4-11(14)12(15)6-8/h1-6,10H,7H2. The van der Waals surface area contributed by atoms with Gasteiger partial charge in [-0.05, 0) is 35.6 Å². The molecule has 0 N–H and O–H groups in total. The van der Waals surface area contributed by atoms with Crippen molar-refractivity contribution >= 4 is 50.5 Å². The first-order valence-corrected chi connectivity index (χ1v) is 7.33. The summed E-state index contributed by atoms with van der Waals surface area (Å²) in [5, 5.41) is 3.29. The normalized spacial score (nSPS) is 12.7. The average Bonchev–Trinajstić information content (AvgIpc) is 2.74. The van der Waals surface area contributed by atoms with Crippen LogP contribution >= 0.6 is 50.5 Å². The van der Waals surface area contributed by atoms with Crippen LogP contribution in [0.15, 0.2) is 35.7 Å². The molecule has 1 aromatic heterocycles. The van der Waals surface area contributed by atoms with Gasteiger partial charge in [-0.15, -0.1) is 11.3 Å². The molecule has 0 saturated carbocycles. The molecule has 84 valence electrons. The molecule has 2 rings (SSSR count). The van der Waals surface area contributed by atoms with Crippen LogP contribution in [0.2, 0.25) is 10.0 Å². The highest BCUT2D eigenvalue weighted by Gasteiger charge is 2.10. The summed E-state index contributed by atoms with van der Waals surface area (Å²) in [5.41, 5.74) is 1.16. The summed E-state index contributed by atoms with van der Waals surface area (Å²) in [6.45, 7) is 0. The molecule has 0 aliphatic heterocycles. The van der Waals surface area contributed by atoms with Crippen LogP contribution < -0.4 is 0 Å². The molecule has 0 fully saturated rings. The lowest BCUT2D eigenvalue weighted by atomic mass is 10.1. The third-order valence-electron chi connectivity index (χ3n) is 2.27. The van der Waals surface area contributed by atoms with Crippen molar-refractivity contribution in [2.24, 2.45) is 0 Å². The van der Waals surface area contributed by atoms with Gasteiger partial charge in [-0.2, -0.15) is 0 Å². The Labute approximate surface area is 117 Å². The maximum Gasteiger partial charge on any atom is 0.0595 e. The molecular formula is C12H9BrCl2S. The zero-order valence-electron chi connectivity index (χ0n) is 8.29. The summed E-state index contributed by atoms with van der Waals surface area (Å²) in [6, 6.07) is 9.95. The summed E-state index contributed by atoms with van der Waals surface area (Å²) in [7, 11) is 0. The monoisotopic (exact) mass is 334 g/mol. The second-order valence-corrected chi connectivity index (χ2v) is 6.38. The van der Waals surface area contributed by atoms with Gasteiger partial charge in [0.25, 0.3) is 0 Å². The van der Waals surface area contributed by atoms with E-state index in [9.17, 15) is 0 Å². The Kier molecular flexibility index (Phi) is 4.31. The Balaban J connectivity index is 2.14. The molecule has 0 bridgehead atoms. The molecular weight excluding hydrogens is 327 g/mol. The summed E-state index contributed by atoms with van der Waals surface area (Å²) < 4.78 is 0. The van der Waals surface area contributed by atoms with Crippen molar-refractivity contribution in [3.05, 3.63) is 56.2 Å². The lowest BCUT2D eigenvalue weighted by Gasteiger charge is -2.09. The molecule has 0 nitrogen and oxygen atoms in total. The molecule has 0 aliphatic carbocycles. The minimum Gasteiger partial charge on any atom is -0.149 e. The number of thiophene rings is 1. The third-order valence-corrected chi connectivity index (χ3v) is 4.76. The number of alkyl halides is 1. The number of rotatable bonds is 3. The van der Waals surface area contributed by atoms with Gasteiger partial charge in [-0.25, -0.2) is 0 Å². The second-order valence-electron chi connectivity index (χ2n) is 3.42. The average molecular weight is 336 g/mol. The van der Waals surface area contributed by atoms with Crippen LogP contribution in [0.3, 0.4) is 0 Å². The molecule has 1 unspecified atom stereocenters. The largest absolute Gasteiger partial charge is 0.149 e. The van der Waals surface area contributed by atoms with E-state index in [2.05, 4.69) is 33.4 Å². The molecule has 0 amide bonds. The number of hydrogen-bond acceptors (Lipinski definition) is 1. The molecule has 1 aromatic carbocycles. The predicted octanol–water partition coefficient (Wildman–Crippen LogP) is 5.73. The van der Waals surface area contributed by atoms with Crippen molar-refractivity contribution in [3.8, 4) is 0 Å². The molecule has 0 aliphatic rings. The minimum atomic E-state index is 0.279. The van der Waals surface area contributed by atoms with Crippen molar-refractivity contribution in [2.75, 3.05) is 0 Å². The van der Waals surface area contributed by atoms with Gasteiger partial charge in [0, 0.05) is 9.70 Å².